The van der Waals surface area contributed by atoms with Crippen molar-refractivity contribution in [3.05, 3.63) is 81.8 Å². The molecule has 2 N–H and O–H groups in total. The second kappa shape index (κ2) is 10.1. The van der Waals surface area contributed by atoms with Crippen LogP contribution in [-0.2, 0) is 13.0 Å². The molecule has 0 radical (unpaired) electrons. The van der Waals surface area contributed by atoms with Gasteiger partial charge in [-0.3, -0.25) is 9.78 Å². The van der Waals surface area contributed by atoms with Gasteiger partial charge in [0, 0.05) is 11.8 Å². The van der Waals surface area contributed by atoms with Crippen molar-refractivity contribution in [3.8, 4) is 11.5 Å². The van der Waals surface area contributed by atoms with Gasteiger partial charge in [-0.15, -0.1) is 0 Å². The summed E-state index contributed by atoms with van der Waals surface area (Å²) in [6, 6.07) is 16.9. The van der Waals surface area contributed by atoms with Gasteiger partial charge in [0.05, 0.1) is 13.3 Å². The summed E-state index contributed by atoms with van der Waals surface area (Å²) >= 11 is 0. The Hall–Kier alpha value is -3.61. The van der Waals surface area contributed by atoms with E-state index < -0.39 is 0 Å². The van der Waals surface area contributed by atoms with E-state index in [-0.39, 0.29) is 5.56 Å². The minimum atomic E-state index is -0.206. The van der Waals surface area contributed by atoms with E-state index in [9.17, 15) is 4.79 Å². The first-order chi connectivity index (χ1) is 14.2. The van der Waals surface area contributed by atoms with Crippen LogP contribution in [0.15, 0.2) is 64.5 Å². The third kappa shape index (κ3) is 5.93. The first-order valence-electron chi connectivity index (χ1n) is 9.42. The second-order valence-electron chi connectivity index (χ2n) is 6.39. The van der Waals surface area contributed by atoms with Crippen molar-refractivity contribution in [2.45, 2.75) is 26.4 Å². The number of aromatic amines is 1. The summed E-state index contributed by atoms with van der Waals surface area (Å²) in [5.74, 6) is 1.58. The van der Waals surface area contributed by atoms with Gasteiger partial charge in [-0.25, -0.2) is 10.4 Å². The fraction of sp³-hybridized carbons (Fsp3) is 0.227. The van der Waals surface area contributed by atoms with Gasteiger partial charge in [-0.05, 0) is 35.7 Å². The summed E-state index contributed by atoms with van der Waals surface area (Å²) in [5, 5.41) is 4.17. The maximum absolute atomic E-state index is 11.7. The van der Waals surface area contributed by atoms with Crippen molar-refractivity contribution in [3.63, 3.8) is 0 Å². The lowest BCUT2D eigenvalue weighted by molar-refractivity contribution is 0.284. The van der Waals surface area contributed by atoms with Crippen LogP contribution >= 0.6 is 0 Å². The Labute approximate surface area is 169 Å². The molecular formula is C22H24N4O3. The Bertz CT molecular complexity index is 1020. The number of methoxy groups -OCH3 is 1. The molecule has 1 heterocycles. The Morgan fingerprint density at radius 3 is 2.72 bits per heavy atom. The zero-order valence-corrected chi connectivity index (χ0v) is 16.5. The number of hydrogen-bond donors (Lipinski definition) is 2. The largest absolute Gasteiger partial charge is 0.493 e. The predicted molar refractivity (Wildman–Crippen MR) is 114 cm³/mol. The van der Waals surface area contributed by atoms with Gasteiger partial charge in [-0.1, -0.05) is 43.7 Å². The van der Waals surface area contributed by atoms with E-state index in [1.807, 2.05) is 55.5 Å². The molecule has 0 aliphatic carbocycles. The van der Waals surface area contributed by atoms with E-state index in [1.165, 1.54) is 6.07 Å². The second-order valence-corrected chi connectivity index (χ2v) is 6.39. The molecule has 3 rings (SSSR count). The van der Waals surface area contributed by atoms with Gasteiger partial charge >= 0.3 is 0 Å². The number of nitrogens with one attached hydrogen (secondary N) is 2. The van der Waals surface area contributed by atoms with Gasteiger partial charge in [0.2, 0.25) is 5.95 Å². The Kier molecular flexibility index (Phi) is 7.00. The summed E-state index contributed by atoms with van der Waals surface area (Å²) in [6.45, 7) is 2.47. The minimum Gasteiger partial charge on any atom is -0.493 e. The van der Waals surface area contributed by atoms with Gasteiger partial charge in [-0.2, -0.15) is 5.10 Å². The van der Waals surface area contributed by atoms with Crippen molar-refractivity contribution in [1.29, 1.82) is 0 Å². The molecule has 0 amide bonds. The van der Waals surface area contributed by atoms with E-state index in [2.05, 4.69) is 20.5 Å². The Balaban J connectivity index is 1.70. The molecule has 1 aromatic heterocycles. The lowest BCUT2D eigenvalue weighted by Gasteiger charge is -2.11. The van der Waals surface area contributed by atoms with E-state index in [4.69, 9.17) is 9.47 Å². The number of benzene rings is 2. The topological polar surface area (TPSA) is 88.6 Å². The first kappa shape index (κ1) is 20.1. The summed E-state index contributed by atoms with van der Waals surface area (Å²) in [5.41, 5.74) is 5.17. The third-order valence-corrected chi connectivity index (χ3v) is 4.11. The molecule has 0 saturated heterocycles. The molecule has 3 aromatic rings. The number of hydrazone groups is 1. The number of aryl methyl sites for hydroxylation is 1. The van der Waals surface area contributed by atoms with E-state index in [1.54, 1.807) is 13.3 Å². The predicted octanol–water partition coefficient (Wildman–Crippen LogP) is 3.76. The summed E-state index contributed by atoms with van der Waals surface area (Å²) in [4.78, 5) is 18.7. The highest BCUT2D eigenvalue weighted by Gasteiger charge is 2.06. The van der Waals surface area contributed by atoms with Gasteiger partial charge in [0.15, 0.2) is 11.5 Å². The molecule has 0 atom stereocenters. The highest BCUT2D eigenvalue weighted by atomic mass is 16.5. The summed E-state index contributed by atoms with van der Waals surface area (Å²) < 4.78 is 11.3. The maximum Gasteiger partial charge on any atom is 0.252 e. The van der Waals surface area contributed by atoms with E-state index >= 15 is 0 Å². The minimum absolute atomic E-state index is 0.206. The van der Waals surface area contributed by atoms with Crippen LogP contribution < -0.4 is 20.5 Å². The Morgan fingerprint density at radius 2 is 1.97 bits per heavy atom. The molecule has 29 heavy (non-hydrogen) atoms. The van der Waals surface area contributed by atoms with Crippen LogP contribution in [0.5, 0.6) is 11.5 Å². The molecule has 7 heteroatoms. The number of aromatic nitrogens is 2. The van der Waals surface area contributed by atoms with Crippen LogP contribution in [-0.4, -0.2) is 23.3 Å². The fourth-order valence-corrected chi connectivity index (χ4v) is 2.73. The molecule has 0 fully saturated rings. The molecular weight excluding hydrogens is 368 g/mol. The number of hydrogen-bond acceptors (Lipinski definition) is 6. The molecule has 2 aromatic carbocycles. The average molecular weight is 392 g/mol. The van der Waals surface area contributed by atoms with Gasteiger partial charge in [0.25, 0.3) is 5.56 Å². The normalized spacial score (nSPS) is 10.8. The highest BCUT2D eigenvalue weighted by molar-refractivity contribution is 5.81. The van der Waals surface area contributed by atoms with E-state index in [0.717, 1.165) is 29.7 Å². The molecule has 0 bridgehead atoms. The lowest BCUT2D eigenvalue weighted by atomic mass is 10.2. The van der Waals surface area contributed by atoms with Crippen LogP contribution in [0.25, 0.3) is 0 Å². The third-order valence-electron chi connectivity index (χ3n) is 4.11. The lowest BCUT2D eigenvalue weighted by Crippen LogP contribution is -2.12. The van der Waals surface area contributed by atoms with Crippen molar-refractivity contribution in [2.75, 3.05) is 12.5 Å². The van der Waals surface area contributed by atoms with Crippen molar-refractivity contribution in [2.24, 2.45) is 5.10 Å². The zero-order chi connectivity index (χ0) is 20.5. The van der Waals surface area contributed by atoms with Crippen LogP contribution in [0.3, 0.4) is 0 Å². The monoisotopic (exact) mass is 392 g/mol. The molecule has 0 spiro atoms. The quantitative estimate of drug-likeness (QED) is 0.428. The molecule has 0 aliphatic heterocycles. The molecule has 150 valence electrons. The average Bonchev–Trinajstić information content (AvgIpc) is 2.73. The molecule has 0 unspecified atom stereocenters. The van der Waals surface area contributed by atoms with Crippen molar-refractivity contribution < 1.29 is 9.47 Å². The standard InChI is InChI=1S/C22H24N4O3/c1-3-7-18-13-21(27)25-22(24-18)26-23-14-17-10-11-19(28-2)20(12-17)29-15-16-8-5-4-6-9-16/h4-6,8-14H,3,7,15H2,1-2H3,(H2,24,25,26,27)/b23-14+. The Morgan fingerprint density at radius 1 is 1.14 bits per heavy atom. The zero-order valence-electron chi connectivity index (χ0n) is 16.5. The number of H-pyrrole nitrogens is 1. The molecule has 0 saturated carbocycles. The van der Waals surface area contributed by atoms with Crippen molar-refractivity contribution in [1.82, 2.24) is 9.97 Å². The van der Waals surface area contributed by atoms with Crippen LogP contribution in [0.1, 0.15) is 30.2 Å². The molecule has 0 aliphatic rings. The van der Waals surface area contributed by atoms with Crippen LogP contribution in [0.4, 0.5) is 5.95 Å². The first-order valence-corrected chi connectivity index (χ1v) is 9.42. The fourth-order valence-electron chi connectivity index (χ4n) is 2.73. The number of nitrogens with zero attached hydrogens (tertiary/aromatic N) is 2. The van der Waals surface area contributed by atoms with Gasteiger partial charge in [0.1, 0.15) is 6.61 Å². The number of ether oxygens (including phenoxy) is 2. The highest BCUT2D eigenvalue weighted by Crippen LogP contribution is 2.28. The summed E-state index contributed by atoms with van der Waals surface area (Å²) in [6.07, 6.45) is 3.28. The SMILES string of the molecule is CCCc1cc(=O)[nH]c(N/N=C/c2ccc(OC)c(OCc3ccccc3)c2)n1. The maximum atomic E-state index is 11.7. The van der Waals surface area contributed by atoms with Gasteiger partial charge < -0.3 is 9.47 Å². The summed E-state index contributed by atoms with van der Waals surface area (Å²) in [7, 11) is 1.60. The number of rotatable bonds is 9. The van der Waals surface area contributed by atoms with Crippen LogP contribution in [0.2, 0.25) is 0 Å². The van der Waals surface area contributed by atoms with E-state index in [0.29, 0.717) is 24.1 Å². The smallest absolute Gasteiger partial charge is 0.252 e. The van der Waals surface area contributed by atoms with Crippen LogP contribution in [0, 0.1) is 0 Å². The molecule has 7 nitrogen and oxygen atoms in total. The van der Waals surface area contributed by atoms with Crippen molar-refractivity contribution >= 4 is 12.2 Å². The number of anilines is 1.